The van der Waals surface area contributed by atoms with Crippen molar-refractivity contribution >= 4 is 12.2 Å². The number of nitrogens with zero attached hydrogens (tertiary/aromatic N) is 2. The number of carbonyl (C=O) groups is 2. The van der Waals surface area contributed by atoms with E-state index in [0.29, 0.717) is 51.7 Å². The van der Waals surface area contributed by atoms with Crippen molar-refractivity contribution in [3.05, 3.63) is 63.1 Å². The first kappa shape index (κ1) is 26.5. The van der Waals surface area contributed by atoms with Gasteiger partial charge in [0.1, 0.15) is 22.9 Å². The predicted molar refractivity (Wildman–Crippen MR) is 123 cm³/mol. The molecule has 0 radical (unpaired) electrons. The maximum atomic E-state index is 13.9. The number of nitrogens with one attached hydrogen (secondary N) is 1. The molecule has 1 fully saturated rings. The van der Waals surface area contributed by atoms with Gasteiger partial charge in [-0.3, -0.25) is 14.4 Å². The number of aromatic nitrogens is 1. The Hall–Kier alpha value is -3.15. The largest absolute Gasteiger partial charge is 0.503 e. The minimum atomic E-state index is -1.03. The lowest BCUT2D eigenvalue weighted by Crippen LogP contribution is -2.47. The van der Waals surface area contributed by atoms with E-state index in [-0.39, 0.29) is 24.4 Å². The quantitative estimate of drug-likeness (QED) is 0.362. The van der Waals surface area contributed by atoms with E-state index in [4.69, 9.17) is 9.47 Å². The van der Waals surface area contributed by atoms with Crippen LogP contribution in [0.4, 0.5) is 8.78 Å². The summed E-state index contributed by atoms with van der Waals surface area (Å²) in [7, 11) is 1.87. The van der Waals surface area contributed by atoms with Gasteiger partial charge in [-0.15, -0.1) is 0 Å². The smallest absolute Gasteiger partial charge is 0.257 e. The van der Waals surface area contributed by atoms with Gasteiger partial charge < -0.3 is 29.4 Å². The number of pyridine rings is 1. The Morgan fingerprint density at radius 1 is 1.40 bits per heavy atom. The molecular weight excluding hydrogens is 464 g/mol. The third-order valence-electron chi connectivity index (χ3n) is 6.01. The highest BCUT2D eigenvalue weighted by molar-refractivity contribution is 5.95. The predicted octanol–water partition coefficient (Wildman–Crippen LogP) is 1.66. The van der Waals surface area contributed by atoms with Gasteiger partial charge >= 0.3 is 0 Å². The van der Waals surface area contributed by atoms with Crippen molar-refractivity contribution in [3.63, 3.8) is 0 Å². The second-order valence-corrected chi connectivity index (χ2v) is 8.47. The molecule has 1 aromatic carbocycles. The van der Waals surface area contributed by atoms with Crippen LogP contribution in [0, 0.1) is 11.6 Å². The van der Waals surface area contributed by atoms with Crippen molar-refractivity contribution in [3.8, 4) is 5.75 Å². The van der Waals surface area contributed by atoms with Crippen LogP contribution in [0.25, 0.3) is 0 Å². The van der Waals surface area contributed by atoms with E-state index in [2.05, 4.69) is 5.32 Å². The van der Waals surface area contributed by atoms with Crippen molar-refractivity contribution in [2.24, 2.45) is 0 Å². The molecule has 1 amide bonds. The number of ether oxygens (including phenoxy) is 2. The zero-order valence-corrected chi connectivity index (χ0v) is 19.7. The van der Waals surface area contributed by atoms with Gasteiger partial charge in [-0.05, 0) is 26.5 Å². The van der Waals surface area contributed by atoms with Gasteiger partial charge in [0.05, 0.1) is 18.8 Å². The average molecular weight is 494 g/mol. The molecule has 9 nitrogen and oxygen atoms in total. The van der Waals surface area contributed by atoms with E-state index < -0.39 is 39.8 Å². The van der Waals surface area contributed by atoms with Crippen LogP contribution in [0.3, 0.4) is 0 Å². The number of amides is 1. The fourth-order valence-corrected chi connectivity index (χ4v) is 4.15. The number of benzene rings is 1. The molecule has 1 saturated heterocycles. The monoisotopic (exact) mass is 493 g/mol. The second-order valence-electron chi connectivity index (χ2n) is 8.47. The number of hydrogen-bond donors (Lipinski definition) is 2. The number of hydrogen-bond acceptors (Lipinski definition) is 7. The van der Waals surface area contributed by atoms with E-state index in [1.54, 1.807) is 0 Å². The summed E-state index contributed by atoms with van der Waals surface area (Å²) >= 11 is 0. The Bertz CT molecular complexity index is 1130. The van der Waals surface area contributed by atoms with Gasteiger partial charge in [-0.2, -0.15) is 0 Å². The van der Waals surface area contributed by atoms with E-state index in [1.165, 1.54) is 16.8 Å². The van der Waals surface area contributed by atoms with Crippen molar-refractivity contribution in [1.82, 2.24) is 14.8 Å². The first-order chi connectivity index (χ1) is 16.7. The standard InChI is InChI=1S/C24H29F2N3O6/c1-3-34-9-7-28(2)14-24(6-8-35-15-24)29-12-18(21(31)22(32)20(29)13-30)23(33)27-11-16-4-5-17(25)10-19(16)26/h4-5,10,12-13,32H,3,6-9,11,14-15H2,1-2H3,(H,27,33). The number of halogens is 2. The van der Waals surface area contributed by atoms with Crippen molar-refractivity contribution in [2.45, 2.75) is 25.4 Å². The summed E-state index contributed by atoms with van der Waals surface area (Å²) < 4.78 is 39.5. The number of likely N-dealkylation sites (N-methyl/N-ethyl adjacent to an activating group) is 1. The molecule has 3 rings (SSSR count). The van der Waals surface area contributed by atoms with E-state index in [0.717, 1.165) is 6.07 Å². The topological polar surface area (TPSA) is 110 Å². The first-order valence-corrected chi connectivity index (χ1v) is 11.2. The summed E-state index contributed by atoms with van der Waals surface area (Å²) in [6.45, 7) is 4.21. The SMILES string of the molecule is CCOCCN(C)CC1(n2cc(C(=O)NCc3ccc(F)cc3F)c(=O)c(O)c2C=O)CCOC1. The van der Waals surface area contributed by atoms with E-state index in [1.807, 2.05) is 18.9 Å². The van der Waals surface area contributed by atoms with Crippen LogP contribution in [0.5, 0.6) is 5.75 Å². The lowest BCUT2D eigenvalue weighted by atomic mass is 9.95. The summed E-state index contributed by atoms with van der Waals surface area (Å²) in [6.07, 6.45) is 2.07. The molecule has 1 aromatic heterocycles. The molecule has 35 heavy (non-hydrogen) atoms. The molecule has 1 atom stereocenters. The summed E-state index contributed by atoms with van der Waals surface area (Å²) in [5.41, 5.74) is -2.52. The molecular formula is C24H29F2N3O6. The van der Waals surface area contributed by atoms with Crippen LogP contribution in [0.1, 0.15) is 39.8 Å². The summed E-state index contributed by atoms with van der Waals surface area (Å²) in [5, 5.41) is 12.9. The molecule has 2 N–H and O–H groups in total. The Balaban J connectivity index is 1.94. The van der Waals surface area contributed by atoms with Crippen molar-refractivity contribution in [1.29, 1.82) is 0 Å². The van der Waals surface area contributed by atoms with Crippen LogP contribution < -0.4 is 10.7 Å². The van der Waals surface area contributed by atoms with E-state index in [9.17, 15) is 28.3 Å². The van der Waals surface area contributed by atoms with Crippen molar-refractivity contribution in [2.75, 3.05) is 46.6 Å². The van der Waals surface area contributed by atoms with Gasteiger partial charge in [0.25, 0.3) is 5.91 Å². The molecule has 1 aliphatic heterocycles. The van der Waals surface area contributed by atoms with Crippen LogP contribution in [0.2, 0.25) is 0 Å². The number of carbonyl (C=O) groups excluding carboxylic acids is 2. The summed E-state index contributed by atoms with van der Waals surface area (Å²) in [5.74, 6) is -3.34. The maximum absolute atomic E-state index is 13.9. The van der Waals surface area contributed by atoms with Crippen LogP contribution in [-0.2, 0) is 21.6 Å². The minimum Gasteiger partial charge on any atom is -0.503 e. The summed E-state index contributed by atoms with van der Waals surface area (Å²) in [4.78, 5) is 39.4. The number of rotatable bonds is 11. The highest BCUT2D eigenvalue weighted by atomic mass is 19.1. The summed E-state index contributed by atoms with van der Waals surface area (Å²) in [6, 6.07) is 2.92. The van der Waals surface area contributed by atoms with Crippen molar-refractivity contribution < 1.29 is 33.0 Å². The molecule has 0 spiro atoms. The molecule has 1 unspecified atom stereocenters. The Morgan fingerprint density at radius 2 is 2.17 bits per heavy atom. The van der Waals surface area contributed by atoms with Gasteiger partial charge in [0.2, 0.25) is 5.43 Å². The zero-order chi connectivity index (χ0) is 25.6. The van der Waals surface area contributed by atoms with E-state index >= 15 is 0 Å². The molecule has 11 heteroatoms. The number of aromatic hydroxyl groups is 1. The third kappa shape index (κ3) is 5.92. The number of aldehydes is 1. The fourth-order valence-electron chi connectivity index (χ4n) is 4.15. The zero-order valence-electron chi connectivity index (χ0n) is 19.7. The maximum Gasteiger partial charge on any atom is 0.257 e. The molecule has 0 aliphatic carbocycles. The molecule has 1 aliphatic rings. The highest BCUT2D eigenvalue weighted by Crippen LogP contribution is 2.31. The van der Waals surface area contributed by atoms with Gasteiger partial charge in [-0.25, -0.2) is 8.78 Å². The van der Waals surface area contributed by atoms with Gasteiger partial charge in [-0.1, -0.05) is 6.07 Å². The molecule has 0 saturated carbocycles. The molecule has 0 bridgehead atoms. The van der Waals surface area contributed by atoms with Gasteiger partial charge in [0, 0.05) is 50.7 Å². The average Bonchev–Trinajstić information content (AvgIpc) is 3.29. The highest BCUT2D eigenvalue weighted by Gasteiger charge is 2.40. The van der Waals surface area contributed by atoms with Crippen LogP contribution in [0.15, 0.2) is 29.2 Å². The molecule has 2 heterocycles. The second kappa shape index (κ2) is 11.5. The Labute approximate surface area is 201 Å². The first-order valence-electron chi connectivity index (χ1n) is 11.2. The van der Waals surface area contributed by atoms with Crippen LogP contribution in [-0.4, -0.2) is 73.3 Å². The van der Waals surface area contributed by atoms with Gasteiger partial charge in [0.15, 0.2) is 12.0 Å². The van der Waals surface area contributed by atoms with Crippen LogP contribution >= 0.6 is 0 Å². The molecule has 190 valence electrons. The fraction of sp³-hybridized carbons (Fsp3) is 0.458. The lowest BCUT2D eigenvalue weighted by molar-refractivity contribution is 0.0870. The third-order valence-corrected chi connectivity index (χ3v) is 6.01. The lowest BCUT2D eigenvalue weighted by Gasteiger charge is -2.36. The normalized spacial score (nSPS) is 17.6. The minimum absolute atomic E-state index is 0.0189. The Kier molecular flexibility index (Phi) is 8.71. The molecule has 2 aromatic rings. The Morgan fingerprint density at radius 3 is 2.80 bits per heavy atom.